The number of nitrogens with one attached hydrogen (secondary N) is 2. The number of aliphatic hydroxyl groups is 1. The highest BCUT2D eigenvalue weighted by molar-refractivity contribution is 6.42. The van der Waals surface area contributed by atoms with Crippen LogP contribution < -0.4 is 10.6 Å². The van der Waals surface area contributed by atoms with Crippen molar-refractivity contribution in [2.75, 3.05) is 36.8 Å². The third-order valence-electron chi connectivity index (χ3n) is 8.28. The Morgan fingerprint density at radius 3 is 2.61 bits per heavy atom. The van der Waals surface area contributed by atoms with Crippen LogP contribution >= 0.6 is 23.2 Å². The van der Waals surface area contributed by atoms with Crippen molar-refractivity contribution in [2.24, 2.45) is 0 Å². The number of urea groups is 1. The van der Waals surface area contributed by atoms with Gasteiger partial charge in [-0.15, -0.1) is 0 Å². The van der Waals surface area contributed by atoms with E-state index in [1.807, 2.05) is 44.8 Å². The number of amides is 3. The average molecular weight is 637 g/mol. The number of hydrogen-bond donors (Lipinski definition) is 3. The van der Waals surface area contributed by atoms with Crippen molar-refractivity contribution in [3.05, 3.63) is 70.6 Å². The minimum atomic E-state index is -0.969. The van der Waals surface area contributed by atoms with E-state index in [1.54, 1.807) is 26.0 Å². The van der Waals surface area contributed by atoms with Crippen LogP contribution in [0.2, 0.25) is 10.0 Å². The molecule has 0 atom stereocenters. The second-order valence-electron chi connectivity index (χ2n) is 12.0. The van der Waals surface area contributed by atoms with Gasteiger partial charge in [-0.3, -0.25) is 4.79 Å². The molecule has 44 heavy (non-hydrogen) atoms. The van der Waals surface area contributed by atoms with Gasteiger partial charge in [0.25, 0.3) is 0 Å². The maximum Gasteiger partial charge on any atom is 0.322 e. The number of hydrogen-bond acceptors (Lipinski definition) is 6. The molecule has 230 valence electrons. The Kier molecular flexibility index (Phi) is 8.41. The van der Waals surface area contributed by atoms with Gasteiger partial charge in [-0.2, -0.15) is 0 Å². The van der Waals surface area contributed by atoms with Crippen molar-refractivity contribution < 1.29 is 14.7 Å². The third-order valence-corrected chi connectivity index (χ3v) is 9.02. The number of rotatable bonds is 7. The lowest BCUT2D eigenvalue weighted by atomic mass is 10.0. The van der Waals surface area contributed by atoms with Crippen LogP contribution in [0.4, 0.5) is 16.3 Å². The highest BCUT2D eigenvalue weighted by Gasteiger charge is 2.31. The van der Waals surface area contributed by atoms with Crippen LogP contribution in [0.25, 0.3) is 22.2 Å². The van der Waals surface area contributed by atoms with Gasteiger partial charge in [0.05, 0.1) is 21.0 Å². The fraction of sp³-hybridized carbons (Fsp3) is 0.375. The molecule has 0 unspecified atom stereocenters. The lowest BCUT2D eigenvalue weighted by Gasteiger charge is -2.38. The number of carbonyl (C=O) groups excluding carboxylic acids is 2. The Morgan fingerprint density at radius 1 is 1.09 bits per heavy atom. The summed E-state index contributed by atoms with van der Waals surface area (Å²) in [7, 11) is 0. The molecule has 0 radical (unpaired) electrons. The molecule has 3 N–H and O–H groups in total. The number of aromatic nitrogens is 3. The Morgan fingerprint density at radius 2 is 1.86 bits per heavy atom. The van der Waals surface area contributed by atoms with E-state index < -0.39 is 5.60 Å². The number of piperidine rings is 1. The summed E-state index contributed by atoms with van der Waals surface area (Å²) in [4.78, 5) is 39.4. The van der Waals surface area contributed by atoms with E-state index in [0.29, 0.717) is 54.0 Å². The topological polar surface area (TPSA) is 116 Å². The van der Waals surface area contributed by atoms with Gasteiger partial charge in [0.15, 0.2) is 0 Å². The van der Waals surface area contributed by atoms with Crippen LogP contribution in [0.1, 0.15) is 32.3 Å². The molecular weight excluding hydrogens is 601 g/mol. The zero-order valence-corrected chi connectivity index (χ0v) is 26.2. The summed E-state index contributed by atoms with van der Waals surface area (Å²) in [5.74, 6) is 0.515. The number of fused-ring (bicyclic) bond motifs is 2. The molecule has 0 saturated carbocycles. The van der Waals surface area contributed by atoms with Crippen LogP contribution in [0, 0.1) is 0 Å². The first-order valence-corrected chi connectivity index (χ1v) is 15.5. The number of benzene rings is 2. The summed E-state index contributed by atoms with van der Waals surface area (Å²) < 4.78 is 1.83. The third kappa shape index (κ3) is 6.33. The van der Waals surface area contributed by atoms with E-state index in [-0.39, 0.29) is 31.1 Å². The molecule has 6 rings (SSSR count). The van der Waals surface area contributed by atoms with Gasteiger partial charge in [-0.25, -0.2) is 14.8 Å². The van der Waals surface area contributed by atoms with Crippen molar-refractivity contribution in [3.8, 4) is 11.1 Å². The highest BCUT2D eigenvalue weighted by Crippen LogP contribution is 2.37. The molecule has 4 aromatic rings. The molecule has 2 aliphatic heterocycles. The van der Waals surface area contributed by atoms with Crippen molar-refractivity contribution in [3.63, 3.8) is 0 Å². The van der Waals surface area contributed by atoms with Crippen molar-refractivity contribution in [1.29, 1.82) is 0 Å². The van der Waals surface area contributed by atoms with Crippen LogP contribution in [0.3, 0.4) is 0 Å². The molecule has 0 bridgehead atoms. The summed E-state index contributed by atoms with van der Waals surface area (Å²) >= 11 is 12.6. The van der Waals surface area contributed by atoms with E-state index in [0.717, 1.165) is 34.2 Å². The van der Waals surface area contributed by atoms with Crippen LogP contribution in [-0.2, 0) is 17.8 Å². The van der Waals surface area contributed by atoms with E-state index in [9.17, 15) is 14.7 Å². The number of anilines is 2. The van der Waals surface area contributed by atoms with Gasteiger partial charge in [0.1, 0.15) is 24.3 Å². The fourth-order valence-corrected chi connectivity index (χ4v) is 6.27. The molecule has 3 amide bonds. The smallest absolute Gasteiger partial charge is 0.322 e. The van der Waals surface area contributed by atoms with Gasteiger partial charge in [-0.1, -0.05) is 47.5 Å². The molecule has 2 aromatic heterocycles. The molecule has 2 aromatic carbocycles. The predicted octanol–water partition coefficient (Wildman–Crippen LogP) is 5.67. The largest absolute Gasteiger partial charge is 0.389 e. The van der Waals surface area contributed by atoms with Crippen LogP contribution in [0.15, 0.2) is 55.0 Å². The van der Waals surface area contributed by atoms with Crippen LogP contribution in [-0.4, -0.2) is 79.2 Å². The summed E-state index contributed by atoms with van der Waals surface area (Å²) in [6, 6.07) is 13.3. The van der Waals surface area contributed by atoms with E-state index in [4.69, 9.17) is 23.2 Å². The zero-order valence-electron chi connectivity index (χ0n) is 24.7. The molecule has 1 fully saturated rings. The Balaban J connectivity index is 1.20. The molecule has 2 aliphatic rings. The van der Waals surface area contributed by atoms with Gasteiger partial charge in [0.2, 0.25) is 5.91 Å². The molecule has 10 nitrogen and oxygen atoms in total. The van der Waals surface area contributed by atoms with Gasteiger partial charge >= 0.3 is 6.03 Å². The van der Waals surface area contributed by atoms with E-state index >= 15 is 0 Å². The average Bonchev–Trinajstić information content (AvgIpc) is 3.27. The normalized spacial score (nSPS) is 16.1. The highest BCUT2D eigenvalue weighted by atomic mass is 35.5. The maximum absolute atomic E-state index is 13.6. The first kappa shape index (κ1) is 30.2. The first-order chi connectivity index (χ1) is 21.1. The molecular formula is C32H35Cl2N7O3. The number of para-hydroxylation sites is 1. The van der Waals surface area contributed by atoms with Gasteiger partial charge in [-0.05, 0) is 62.4 Å². The summed E-state index contributed by atoms with van der Waals surface area (Å²) in [5.41, 5.74) is 3.21. The van der Waals surface area contributed by atoms with Gasteiger partial charge < -0.3 is 30.1 Å². The van der Waals surface area contributed by atoms with E-state index in [2.05, 4.69) is 26.7 Å². The Bertz CT molecular complexity index is 1710. The predicted molar refractivity (Wildman–Crippen MR) is 173 cm³/mol. The molecule has 0 spiro atoms. The minimum absolute atomic E-state index is 0.0293. The summed E-state index contributed by atoms with van der Waals surface area (Å²) in [5, 5.41) is 18.2. The lowest BCUT2D eigenvalue weighted by molar-refractivity contribution is -0.133. The van der Waals surface area contributed by atoms with E-state index in [1.165, 1.54) is 6.33 Å². The zero-order chi connectivity index (χ0) is 31.0. The van der Waals surface area contributed by atoms with Crippen LogP contribution in [0.5, 0.6) is 0 Å². The maximum atomic E-state index is 13.6. The molecule has 0 aliphatic carbocycles. The second kappa shape index (κ2) is 12.3. The number of likely N-dealkylation sites (tertiary alicyclic amines) is 1. The molecule has 12 heteroatoms. The summed E-state index contributed by atoms with van der Waals surface area (Å²) in [6.45, 7) is 5.55. The molecule has 4 heterocycles. The fourth-order valence-electron chi connectivity index (χ4n) is 5.97. The Labute approximate surface area is 266 Å². The van der Waals surface area contributed by atoms with Crippen molar-refractivity contribution >= 4 is 57.7 Å². The SMILES string of the molecule is CC(C)(O)CNc1ncnc2c1c(-c1ccc(Cl)c(Cl)c1)cn2CC(=O)N1CCC(N2CCc3ccccc3NC2=O)CC1. The quantitative estimate of drug-likeness (QED) is 0.241. The van der Waals surface area contributed by atoms with Crippen molar-refractivity contribution in [2.45, 2.75) is 51.3 Å². The monoisotopic (exact) mass is 635 g/mol. The number of carbonyl (C=O) groups is 2. The summed E-state index contributed by atoms with van der Waals surface area (Å²) in [6.07, 6.45) is 5.56. The number of halogens is 2. The van der Waals surface area contributed by atoms with Crippen molar-refractivity contribution in [1.82, 2.24) is 24.3 Å². The lowest BCUT2D eigenvalue weighted by Crippen LogP contribution is -2.50. The second-order valence-corrected chi connectivity index (χ2v) is 12.8. The Hall–Kier alpha value is -3.86. The molecule has 1 saturated heterocycles. The van der Waals surface area contributed by atoms with Gasteiger partial charge in [0, 0.05) is 49.7 Å². The minimum Gasteiger partial charge on any atom is -0.389 e. The number of nitrogens with zero attached hydrogens (tertiary/aromatic N) is 5. The first-order valence-electron chi connectivity index (χ1n) is 14.8. The standard InChI is InChI=1S/C32H35Cl2N7O3/c1-32(2,44)18-35-29-28-23(21-7-8-24(33)25(34)15-21)16-40(30(28)37-19-36-29)17-27(42)39-12-10-22(11-13-39)41-14-9-20-5-3-4-6-26(20)38-31(41)43/h3-8,15-16,19,22,44H,9-14,17-18H2,1-2H3,(H,38,43)(H,35,36,37).